The van der Waals surface area contributed by atoms with Gasteiger partial charge in [0.25, 0.3) is 5.69 Å². The molecule has 0 saturated heterocycles. The summed E-state index contributed by atoms with van der Waals surface area (Å²) in [5.41, 5.74) is 8.66. The highest BCUT2D eigenvalue weighted by Gasteiger charge is 2.32. The van der Waals surface area contributed by atoms with Crippen LogP contribution in [-0.4, -0.2) is 30.9 Å². The summed E-state index contributed by atoms with van der Waals surface area (Å²) in [7, 11) is 3.33. The lowest BCUT2D eigenvalue weighted by Crippen LogP contribution is -2.41. The van der Waals surface area contributed by atoms with Gasteiger partial charge in [-0.15, -0.1) is 0 Å². The van der Waals surface area contributed by atoms with Crippen LogP contribution in [0.1, 0.15) is 16.7 Å². The number of aromatic nitrogens is 2. The third kappa shape index (κ3) is 4.11. The number of hydrogen-bond donors (Lipinski definition) is 1. The fraction of sp³-hybridized carbons (Fsp3) is 0.171. The van der Waals surface area contributed by atoms with E-state index in [0.717, 1.165) is 74.2 Å². The zero-order valence-corrected chi connectivity index (χ0v) is 24.2. The zero-order valence-electron chi connectivity index (χ0n) is 24.2. The summed E-state index contributed by atoms with van der Waals surface area (Å²) in [4.78, 5) is 14.4. The van der Waals surface area contributed by atoms with Crippen LogP contribution < -0.4 is 23.5 Å². The molecule has 4 heterocycles. The van der Waals surface area contributed by atoms with E-state index in [9.17, 15) is 10.1 Å². The fourth-order valence-electron chi connectivity index (χ4n) is 6.63. The minimum atomic E-state index is -0.369. The number of ether oxygens (including phenoxy) is 4. The quantitative estimate of drug-likeness (QED) is 0.132. The number of aryl methyl sites for hydroxylation is 2. The second-order valence-corrected chi connectivity index (χ2v) is 11.1. The number of non-ortho nitro benzene ring substituents is 1. The van der Waals surface area contributed by atoms with Crippen LogP contribution in [-0.2, 0) is 19.4 Å². The number of H-pyrrole nitrogens is 1. The molecule has 0 radical (unpaired) electrons. The van der Waals surface area contributed by atoms with Gasteiger partial charge >= 0.3 is 0 Å². The lowest BCUT2D eigenvalue weighted by Gasteiger charge is -2.21. The number of nitrogens with zero attached hydrogens (tertiary/aromatic N) is 2. The Morgan fingerprint density at radius 1 is 0.955 bits per heavy atom. The normalized spacial score (nSPS) is 13.1. The van der Waals surface area contributed by atoms with E-state index in [1.807, 2.05) is 12.1 Å². The maximum atomic E-state index is 11.3. The molecule has 1 N–H and O–H groups in total. The van der Waals surface area contributed by atoms with Crippen LogP contribution in [0, 0.1) is 10.1 Å². The van der Waals surface area contributed by atoms with Crippen LogP contribution in [0.5, 0.6) is 23.0 Å². The molecular formula is C35H28N3O6+. The first-order valence-electron chi connectivity index (χ1n) is 14.4. The summed E-state index contributed by atoms with van der Waals surface area (Å²) in [5.74, 6) is 2.95. The van der Waals surface area contributed by atoms with Crippen molar-refractivity contribution in [3.05, 3.63) is 106 Å². The molecule has 44 heavy (non-hydrogen) atoms. The molecule has 0 saturated carbocycles. The van der Waals surface area contributed by atoms with Crippen LogP contribution in [0.25, 0.3) is 44.2 Å². The van der Waals surface area contributed by atoms with Gasteiger partial charge in [-0.1, -0.05) is 18.2 Å². The van der Waals surface area contributed by atoms with E-state index in [1.54, 1.807) is 26.4 Å². The maximum absolute atomic E-state index is 11.3. The second-order valence-electron chi connectivity index (χ2n) is 11.1. The Morgan fingerprint density at radius 3 is 2.64 bits per heavy atom. The van der Waals surface area contributed by atoms with Crippen molar-refractivity contribution in [3.63, 3.8) is 0 Å². The minimum absolute atomic E-state index is 0.0741. The van der Waals surface area contributed by atoms with Gasteiger partial charge in [0.2, 0.25) is 12.5 Å². The van der Waals surface area contributed by atoms with Crippen LogP contribution in [0.15, 0.2) is 79.0 Å². The smallest absolute Gasteiger partial charge is 0.270 e. The van der Waals surface area contributed by atoms with Gasteiger partial charge in [-0.25, -0.2) is 0 Å². The van der Waals surface area contributed by atoms with Gasteiger partial charge in [0, 0.05) is 52.5 Å². The number of aromatic amines is 1. The number of methoxy groups -OCH3 is 2. The second kappa shape index (κ2) is 10.0. The first-order chi connectivity index (χ1) is 21.5. The Balaban J connectivity index is 1.29. The summed E-state index contributed by atoms with van der Waals surface area (Å²) in [5, 5.41) is 14.2. The molecule has 2 aliphatic heterocycles. The molecule has 2 aromatic heterocycles. The Labute approximate surface area is 252 Å². The van der Waals surface area contributed by atoms with E-state index in [-0.39, 0.29) is 17.4 Å². The molecule has 6 aromatic rings. The van der Waals surface area contributed by atoms with Gasteiger partial charge in [-0.2, -0.15) is 4.57 Å². The number of benzene rings is 4. The van der Waals surface area contributed by atoms with Gasteiger partial charge in [0.15, 0.2) is 35.7 Å². The highest BCUT2D eigenvalue weighted by molar-refractivity contribution is 5.95. The molecule has 0 atom stereocenters. The lowest BCUT2D eigenvalue weighted by atomic mass is 9.88. The van der Waals surface area contributed by atoms with Crippen molar-refractivity contribution >= 4 is 27.4 Å². The maximum Gasteiger partial charge on any atom is 0.270 e. The van der Waals surface area contributed by atoms with Gasteiger partial charge in [-0.3, -0.25) is 10.1 Å². The summed E-state index contributed by atoms with van der Waals surface area (Å²) >= 11 is 0. The lowest BCUT2D eigenvalue weighted by molar-refractivity contribution is -0.686. The van der Waals surface area contributed by atoms with Crippen molar-refractivity contribution < 1.29 is 28.4 Å². The third-order valence-corrected chi connectivity index (χ3v) is 8.68. The minimum Gasteiger partial charge on any atom is -0.493 e. The van der Waals surface area contributed by atoms with Crippen molar-refractivity contribution in [2.24, 2.45) is 0 Å². The van der Waals surface area contributed by atoms with E-state index in [1.165, 1.54) is 17.2 Å². The van der Waals surface area contributed by atoms with E-state index in [4.69, 9.17) is 18.9 Å². The summed E-state index contributed by atoms with van der Waals surface area (Å²) in [6.07, 6.45) is 3.70. The molecule has 0 spiro atoms. The first kappa shape index (κ1) is 26.1. The number of nitrogens with one attached hydrogen (secondary N) is 1. The molecule has 4 aromatic carbocycles. The number of nitro benzene ring substituents is 1. The molecule has 218 valence electrons. The summed E-state index contributed by atoms with van der Waals surface area (Å²) < 4.78 is 25.4. The van der Waals surface area contributed by atoms with Crippen molar-refractivity contribution in [3.8, 4) is 45.5 Å². The third-order valence-electron chi connectivity index (χ3n) is 8.68. The average Bonchev–Trinajstić information content (AvgIpc) is 3.69. The number of rotatable bonds is 6. The molecule has 0 aliphatic carbocycles. The van der Waals surface area contributed by atoms with Gasteiger partial charge in [0.1, 0.15) is 0 Å². The Hall–Kier alpha value is -5.57. The Morgan fingerprint density at radius 2 is 1.82 bits per heavy atom. The fourth-order valence-corrected chi connectivity index (χ4v) is 6.63. The molecule has 9 heteroatoms. The van der Waals surface area contributed by atoms with Crippen LogP contribution in [0.2, 0.25) is 0 Å². The summed E-state index contributed by atoms with van der Waals surface area (Å²) in [6, 6.07) is 23.6. The van der Waals surface area contributed by atoms with Crippen LogP contribution in [0.4, 0.5) is 5.69 Å². The molecule has 0 fully saturated rings. The Bertz CT molecular complexity index is 2150. The van der Waals surface area contributed by atoms with Gasteiger partial charge in [-0.05, 0) is 59.2 Å². The van der Waals surface area contributed by atoms with Crippen LogP contribution >= 0.6 is 0 Å². The summed E-state index contributed by atoms with van der Waals surface area (Å²) in [6.45, 7) is 1.04. The number of hydrogen-bond acceptors (Lipinski definition) is 6. The monoisotopic (exact) mass is 586 g/mol. The standard InChI is InChI=1S/C35H28N3O6/c1-41-31-9-7-25-27(13-20-4-3-5-22(12-20)30-15-23-14-24(38(39)40)6-8-29(23)36-30)34-26-17-33-32(43-19-44-33)16-21(26)10-11-37(34)18-28(25)35(31)42-2/h3-9,12,14-18,36H,10-11,13,19H2,1-2H3/q+1. The van der Waals surface area contributed by atoms with Crippen LogP contribution in [0.3, 0.4) is 0 Å². The molecule has 0 unspecified atom stereocenters. The van der Waals surface area contributed by atoms with Crippen molar-refractivity contribution in [2.45, 2.75) is 19.4 Å². The molecule has 0 amide bonds. The van der Waals surface area contributed by atoms with E-state index < -0.39 is 0 Å². The highest BCUT2D eigenvalue weighted by atomic mass is 16.7. The van der Waals surface area contributed by atoms with Gasteiger partial charge < -0.3 is 23.9 Å². The van der Waals surface area contributed by atoms with Crippen molar-refractivity contribution in [2.75, 3.05) is 21.0 Å². The van der Waals surface area contributed by atoms with E-state index in [2.05, 4.69) is 58.2 Å². The number of pyridine rings is 1. The van der Waals surface area contributed by atoms with E-state index in [0.29, 0.717) is 17.9 Å². The highest BCUT2D eigenvalue weighted by Crippen LogP contribution is 2.44. The molecular weight excluding hydrogens is 558 g/mol. The predicted molar refractivity (Wildman–Crippen MR) is 166 cm³/mol. The first-order valence-corrected chi connectivity index (χ1v) is 14.4. The van der Waals surface area contributed by atoms with Gasteiger partial charge in [0.05, 0.1) is 30.1 Å². The molecule has 8 rings (SSSR count). The SMILES string of the molecule is COc1ccc2c(Cc3cccc(-c4cc5cc([N+](=O)[O-])ccc5[nH]4)c3)c3[n+](cc2c1OC)CCc1cc2c(cc1-3)OCO2. The van der Waals surface area contributed by atoms with E-state index >= 15 is 0 Å². The molecule has 2 aliphatic rings. The Kier molecular flexibility index (Phi) is 5.94. The predicted octanol–water partition coefficient (Wildman–Crippen LogP) is 6.74. The molecule has 9 nitrogen and oxygen atoms in total. The number of nitro groups is 1. The number of fused-ring (bicyclic) bond motifs is 6. The van der Waals surface area contributed by atoms with Crippen molar-refractivity contribution in [1.82, 2.24) is 4.98 Å². The zero-order chi connectivity index (χ0) is 29.9. The largest absolute Gasteiger partial charge is 0.493 e. The average molecular weight is 587 g/mol. The van der Waals surface area contributed by atoms with Crippen molar-refractivity contribution in [1.29, 1.82) is 0 Å². The topological polar surface area (TPSA) is 99.7 Å². The molecule has 0 bridgehead atoms.